The molecule has 4 aromatic carbocycles. The van der Waals surface area contributed by atoms with Crippen LogP contribution in [0.15, 0.2) is 119 Å². The van der Waals surface area contributed by atoms with Crippen LogP contribution in [0, 0.1) is 0 Å². The van der Waals surface area contributed by atoms with Gasteiger partial charge in [0.2, 0.25) is 0 Å². The maximum Gasteiger partial charge on any atom is 0.262 e. The molecule has 5 atom stereocenters. The molecule has 1 fully saturated rings. The number of imide groups is 1. The molecule has 0 aliphatic carbocycles. The average Bonchev–Trinajstić information content (AvgIpc) is 3.29. The van der Waals surface area contributed by atoms with Crippen molar-refractivity contribution in [2.24, 2.45) is 0 Å². The molecule has 0 spiro atoms. The molecule has 7 nitrogen and oxygen atoms in total. The van der Waals surface area contributed by atoms with E-state index < -0.39 is 41.6 Å². The Hall–Kier alpha value is -3.31. The minimum atomic E-state index is -1.18. The number of fused-ring (bicyclic) bond motifs is 1. The van der Waals surface area contributed by atoms with E-state index in [0.717, 1.165) is 20.5 Å². The normalized spacial score (nSPS) is 23.4. The number of nitrogens with zero attached hydrogens (tertiary/aromatic N) is 1. The van der Waals surface area contributed by atoms with E-state index in [1.54, 1.807) is 24.3 Å². The van der Waals surface area contributed by atoms with Gasteiger partial charge in [0.05, 0.1) is 30.9 Å². The van der Waals surface area contributed by atoms with Gasteiger partial charge in [-0.15, -0.1) is 0 Å². The first-order valence-corrected chi connectivity index (χ1v) is 15.7. The van der Waals surface area contributed by atoms with Crippen molar-refractivity contribution in [1.82, 2.24) is 4.90 Å². The topological polar surface area (TPSA) is 85.3 Å². The lowest BCUT2D eigenvalue weighted by atomic mass is 9.96. The number of ether oxygens (including phenoxy) is 3. The second-order valence-corrected chi connectivity index (χ2v) is 12.5. The van der Waals surface area contributed by atoms with Gasteiger partial charge in [-0.05, 0) is 47.5 Å². The summed E-state index contributed by atoms with van der Waals surface area (Å²) in [5.74, 6) is -0.871. The standard InChI is InChI=1S/C34H30BrNO6S/c35-24-15-17-25(18-16-24)43-34-29(36-32(38)26-13-7-8-14-27(26)33(36)39)31(41-20-23-11-5-2-6-12-23)30(37)28(42-34)21-40-19-22-9-3-1-4-10-22/h1-18,28-31,34,37H,19-21H2/t28-,29-,30-,31-,34+/m1/s1. The van der Waals surface area contributed by atoms with Gasteiger partial charge < -0.3 is 19.3 Å². The monoisotopic (exact) mass is 659 g/mol. The van der Waals surface area contributed by atoms with Crippen molar-refractivity contribution in [2.75, 3.05) is 6.61 Å². The molecule has 2 aliphatic rings. The Morgan fingerprint density at radius 1 is 0.767 bits per heavy atom. The summed E-state index contributed by atoms with van der Waals surface area (Å²) in [6, 6.07) is 32.9. The summed E-state index contributed by atoms with van der Waals surface area (Å²) in [5, 5.41) is 11.7. The van der Waals surface area contributed by atoms with Gasteiger partial charge in [-0.1, -0.05) is 100 Å². The van der Waals surface area contributed by atoms with E-state index in [4.69, 9.17) is 14.2 Å². The van der Waals surface area contributed by atoms with Crippen LogP contribution in [0.5, 0.6) is 0 Å². The number of halogens is 1. The summed E-state index contributed by atoms with van der Waals surface area (Å²) in [6.45, 7) is 0.609. The smallest absolute Gasteiger partial charge is 0.262 e. The molecule has 9 heteroatoms. The van der Waals surface area contributed by atoms with Crippen molar-refractivity contribution in [1.29, 1.82) is 0 Å². The zero-order chi connectivity index (χ0) is 29.8. The number of benzene rings is 4. The Bertz CT molecular complexity index is 1520. The van der Waals surface area contributed by atoms with Crippen molar-refractivity contribution in [2.45, 2.75) is 47.9 Å². The Labute approximate surface area is 262 Å². The summed E-state index contributed by atoms with van der Waals surface area (Å²) in [5.41, 5.74) is 1.79. The highest BCUT2D eigenvalue weighted by Gasteiger charge is 2.54. The molecule has 0 bridgehead atoms. The molecule has 4 aromatic rings. The van der Waals surface area contributed by atoms with Crippen molar-refractivity contribution in [3.05, 3.63) is 136 Å². The Balaban J connectivity index is 1.33. The van der Waals surface area contributed by atoms with Crippen molar-refractivity contribution >= 4 is 39.5 Å². The number of aliphatic hydroxyl groups excluding tert-OH is 1. The molecule has 220 valence electrons. The number of hydrogen-bond acceptors (Lipinski definition) is 7. The van der Waals surface area contributed by atoms with E-state index in [1.165, 1.54) is 16.7 Å². The molecule has 6 rings (SSSR count). The van der Waals surface area contributed by atoms with Crippen molar-refractivity contribution in [3.8, 4) is 0 Å². The Morgan fingerprint density at radius 3 is 1.93 bits per heavy atom. The summed E-state index contributed by atoms with van der Waals surface area (Å²) in [6.07, 6.45) is -2.91. The van der Waals surface area contributed by atoms with E-state index in [2.05, 4.69) is 15.9 Å². The van der Waals surface area contributed by atoms with Gasteiger partial charge in [-0.2, -0.15) is 0 Å². The number of aliphatic hydroxyl groups is 1. The third-order valence-corrected chi connectivity index (χ3v) is 9.21. The third kappa shape index (κ3) is 6.62. The van der Waals surface area contributed by atoms with Gasteiger partial charge in [-0.3, -0.25) is 14.5 Å². The number of hydrogen-bond donors (Lipinski definition) is 1. The zero-order valence-electron chi connectivity index (χ0n) is 23.1. The highest BCUT2D eigenvalue weighted by molar-refractivity contribution is 9.10. The first kappa shape index (κ1) is 29.7. The van der Waals surface area contributed by atoms with Crippen molar-refractivity contribution < 1.29 is 28.9 Å². The van der Waals surface area contributed by atoms with Crippen LogP contribution >= 0.6 is 27.7 Å². The molecule has 2 heterocycles. The number of carbonyl (C=O) groups is 2. The molecular weight excluding hydrogens is 630 g/mol. The van der Waals surface area contributed by atoms with Gasteiger partial charge in [-0.25, -0.2) is 0 Å². The molecule has 0 saturated carbocycles. The highest BCUT2D eigenvalue weighted by Crippen LogP contribution is 2.40. The van der Waals surface area contributed by atoms with E-state index in [0.29, 0.717) is 17.7 Å². The quantitative estimate of drug-likeness (QED) is 0.206. The summed E-state index contributed by atoms with van der Waals surface area (Å²) >= 11 is 4.85. The third-order valence-electron chi connectivity index (χ3n) is 7.51. The lowest BCUT2D eigenvalue weighted by molar-refractivity contribution is -0.205. The van der Waals surface area contributed by atoms with Crippen LogP contribution in [0.1, 0.15) is 31.8 Å². The molecule has 1 saturated heterocycles. The van der Waals surface area contributed by atoms with Gasteiger partial charge in [0, 0.05) is 9.37 Å². The number of thioether (sulfide) groups is 1. The zero-order valence-corrected chi connectivity index (χ0v) is 25.5. The molecule has 1 N–H and O–H groups in total. The molecule has 43 heavy (non-hydrogen) atoms. The summed E-state index contributed by atoms with van der Waals surface area (Å²) < 4.78 is 19.9. The predicted octanol–water partition coefficient (Wildman–Crippen LogP) is 6.09. The molecule has 0 unspecified atom stereocenters. The fourth-order valence-electron chi connectivity index (χ4n) is 5.36. The van der Waals surface area contributed by atoms with Gasteiger partial charge in [0.25, 0.3) is 11.8 Å². The first-order valence-electron chi connectivity index (χ1n) is 14.0. The van der Waals surface area contributed by atoms with Crippen LogP contribution in [0.25, 0.3) is 0 Å². The number of carbonyl (C=O) groups excluding carboxylic acids is 2. The second kappa shape index (κ2) is 13.5. The first-order chi connectivity index (χ1) is 21.0. The molecule has 0 radical (unpaired) electrons. The largest absolute Gasteiger partial charge is 0.388 e. The van der Waals surface area contributed by atoms with E-state index >= 15 is 0 Å². The summed E-state index contributed by atoms with van der Waals surface area (Å²) in [4.78, 5) is 29.6. The lowest BCUT2D eigenvalue weighted by Crippen LogP contribution is -2.65. The van der Waals surface area contributed by atoms with E-state index in [-0.39, 0.29) is 13.2 Å². The molecule has 0 aromatic heterocycles. The van der Waals surface area contributed by atoms with Gasteiger partial charge in [0.1, 0.15) is 29.8 Å². The van der Waals surface area contributed by atoms with E-state index in [1.807, 2.05) is 84.9 Å². The fraction of sp³-hybridized carbons (Fsp3) is 0.235. The molecule has 2 amide bonds. The Kier molecular flexibility index (Phi) is 9.37. The van der Waals surface area contributed by atoms with Gasteiger partial charge in [0.15, 0.2) is 0 Å². The number of amides is 2. The summed E-state index contributed by atoms with van der Waals surface area (Å²) in [7, 11) is 0. The highest BCUT2D eigenvalue weighted by atomic mass is 79.9. The average molecular weight is 661 g/mol. The van der Waals surface area contributed by atoms with Crippen LogP contribution in [0.4, 0.5) is 0 Å². The van der Waals surface area contributed by atoms with E-state index in [9.17, 15) is 14.7 Å². The minimum absolute atomic E-state index is 0.0908. The molecular formula is C34H30BrNO6S. The lowest BCUT2D eigenvalue weighted by Gasteiger charge is -2.47. The van der Waals surface area contributed by atoms with Crippen LogP contribution in [-0.2, 0) is 27.4 Å². The van der Waals surface area contributed by atoms with Crippen LogP contribution in [0.3, 0.4) is 0 Å². The fourth-order valence-corrected chi connectivity index (χ4v) is 6.80. The minimum Gasteiger partial charge on any atom is -0.388 e. The van der Waals surface area contributed by atoms with Crippen LogP contribution < -0.4 is 0 Å². The maximum atomic E-state index is 13.8. The molecule has 2 aliphatic heterocycles. The second-order valence-electron chi connectivity index (χ2n) is 10.4. The van der Waals surface area contributed by atoms with Crippen molar-refractivity contribution in [3.63, 3.8) is 0 Å². The number of rotatable bonds is 10. The van der Waals surface area contributed by atoms with Gasteiger partial charge >= 0.3 is 0 Å². The Morgan fingerprint density at radius 2 is 1.33 bits per heavy atom. The predicted molar refractivity (Wildman–Crippen MR) is 167 cm³/mol. The van der Waals surface area contributed by atoms with Crippen LogP contribution in [-0.4, -0.2) is 58.2 Å². The maximum absolute atomic E-state index is 13.8. The van der Waals surface area contributed by atoms with Crippen LogP contribution in [0.2, 0.25) is 0 Å². The SMILES string of the molecule is O=C1c2ccccc2C(=O)N1[C@@H]1[C@@H](OCc2ccccc2)[C@H](O)[C@@H](COCc2ccccc2)O[C@H]1Sc1ccc(Br)cc1.